The number of aromatic amines is 1. The van der Waals surface area contributed by atoms with Crippen LogP contribution in [0, 0.1) is 11.3 Å². The minimum absolute atomic E-state index is 0.178. The SMILES string of the molecule is COc1ccc(C=C(C#N)c2nc3sc4c(c3c(=O)[nH]2)CCCC4)c(OC)c1. The standard InChI is InChI=1S/C21H19N3O3S/c1-26-14-8-7-12(16(10-14)27-2)9-13(11-22)19-23-20(25)18-15-5-3-4-6-17(15)28-21(18)24-19/h7-10H,3-6H2,1-2H3,(H,23,24,25). The fraction of sp³-hybridized carbons (Fsp3) is 0.286. The molecule has 1 N–H and O–H groups in total. The normalized spacial score (nSPS) is 13.8. The molecule has 7 heteroatoms. The van der Waals surface area contributed by atoms with Crippen LogP contribution in [-0.4, -0.2) is 24.2 Å². The van der Waals surface area contributed by atoms with Gasteiger partial charge in [-0.25, -0.2) is 4.98 Å². The molecule has 142 valence electrons. The summed E-state index contributed by atoms with van der Waals surface area (Å²) in [4.78, 5) is 22.1. The Morgan fingerprint density at radius 3 is 2.86 bits per heavy atom. The zero-order chi connectivity index (χ0) is 19.7. The highest BCUT2D eigenvalue weighted by Crippen LogP contribution is 2.34. The van der Waals surface area contributed by atoms with Crippen molar-refractivity contribution in [2.45, 2.75) is 25.7 Å². The second kappa shape index (κ2) is 7.49. The molecule has 4 rings (SSSR count). The molecule has 0 amide bonds. The van der Waals surface area contributed by atoms with E-state index in [0.717, 1.165) is 31.2 Å². The van der Waals surface area contributed by atoms with Crippen molar-refractivity contribution in [2.24, 2.45) is 0 Å². The molecule has 0 saturated heterocycles. The zero-order valence-electron chi connectivity index (χ0n) is 15.7. The lowest BCUT2D eigenvalue weighted by Gasteiger charge is -2.09. The molecule has 0 unspecified atom stereocenters. The van der Waals surface area contributed by atoms with E-state index in [1.807, 2.05) is 0 Å². The van der Waals surface area contributed by atoms with E-state index in [2.05, 4.69) is 16.0 Å². The number of H-pyrrole nitrogens is 1. The number of allylic oxidation sites excluding steroid dienone is 1. The monoisotopic (exact) mass is 393 g/mol. The third-order valence-corrected chi connectivity index (χ3v) is 6.13. The number of methoxy groups -OCH3 is 2. The van der Waals surface area contributed by atoms with E-state index in [0.29, 0.717) is 27.3 Å². The molecule has 3 aromatic rings. The zero-order valence-corrected chi connectivity index (χ0v) is 16.5. The molecule has 1 aromatic carbocycles. The van der Waals surface area contributed by atoms with Gasteiger partial charge in [0.15, 0.2) is 5.82 Å². The number of thiophene rings is 1. The molecule has 1 aliphatic carbocycles. The van der Waals surface area contributed by atoms with Gasteiger partial charge in [-0.05, 0) is 49.5 Å². The van der Waals surface area contributed by atoms with Crippen LogP contribution in [0.1, 0.15) is 34.7 Å². The van der Waals surface area contributed by atoms with E-state index in [-0.39, 0.29) is 17.0 Å². The summed E-state index contributed by atoms with van der Waals surface area (Å²) in [5.41, 5.74) is 1.93. The summed E-state index contributed by atoms with van der Waals surface area (Å²) in [5.74, 6) is 1.50. The van der Waals surface area contributed by atoms with Gasteiger partial charge in [-0.3, -0.25) is 4.79 Å². The average molecular weight is 393 g/mol. The molecule has 0 spiro atoms. The van der Waals surface area contributed by atoms with Gasteiger partial charge in [0.05, 0.1) is 25.2 Å². The molecule has 0 aliphatic heterocycles. The quantitative estimate of drug-likeness (QED) is 0.678. The predicted octanol–water partition coefficient (Wildman–Crippen LogP) is 3.94. The summed E-state index contributed by atoms with van der Waals surface area (Å²) in [6.07, 6.45) is 5.82. The van der Waals surface area contributed by atoms with E-state index >= 15 is 0 Å². The third-order valence-electron chi connectivity index (χ3n) is 4.94. The fourth-order valence-corrected chi connectivity index (χ4v) is 4.80. The Bertz CT molecular complexity index is 1180. The first-order valence-electron chi connectivity index (χ1n) is 9.03. The average Bonchev–Trinajstić information content (AvgIpc) is 3.10. The first kappa shape index (κ1) is 18.3. The predicted molar refractivity (Wildman–Crippen MR) is 110 cm³/mol. The maximum atomic E-state index is 12.7. The number of ether oxygens (including phenoxy) is 2. The number of rotatable bonds is 4. The molecule has 0 radical (unpaired) electrons. The van der Waals surface area contributed by atoms with Crippen LogP contribution >= 0.6 is 11.3 Å². The second-order valence-electron chi connectivity index (χ2n) is 6.58. The number of nitriles is 1. The van der Waals surface area contributed by atoms with Crippen LogP contribution in [0.3, 0.4) is 0 Å². The van der Waals surface area contributed by atoms with Gasteiger partial charge < -0.3 is 14.5 Å². The maximum Gasteiger partial charge on any atom is 0.260 e. The molecule has 2 aromatic heterocycles. The highest BCUT2D eigenvalue weighted by molar-refractivity contribution is 7.18. The number of benzene rings is 1. The van der Waals surface area contributed by atoms with Crippen LogP contribution in [0.25, 0.3) is 21.9 Å². The van der Waals surface area contributed by atoms with Crippen molar-refractivity contribution in [2.75, 3.05) is 14.2 Å². The van der Waals surface area contributed by atoms with Crippen molar-refractivity contribution in [1.29, 1.82) is 5.26 Å². The fourth-order valence-electron chi connectivity index (χ4n) is 3.54. The summed E-state index contributed by atoms with van der Waals surface area (Å²) >= 11 is 1.57. The van der Waals surface area contributed by atoms with Gasteiger partial charge in [0, 0.05) is 16.5 Å². The van der Waals surface area contributed by atoms with Gasteiger partial charge in [0.2, 0.25) is 0 Å². The Hall–Kier alpha value is -3.11. The first-order valence-corrected chi connectivity index (χ1v) is 9.85. The summed E-state index contributed by atoms with van der Waals surface area (Å²) in [5, 5.41) is 10.4. The van der Waals surface area contributed by atoms with Gasteiger partial charge in [-0.1, -0.05) is 0 Å². The number of fused-ring (bicyclic) bond motifs is 3. The van der Waals surface area contributed by atoms with Crippen LogP contribution in [0.2, 0.25) is 0 Å². The number of aromatic nitrogens is 2. The first-order chi connectivity index (χ1) is 13.6. The van der Waals surface area contributed by atoms with Crippen molar-refractivity contribution in [1.82, 2.24) is 9.97 Å². The van der Waals surface area contributed by atoms with Crippen molar-refractivity contribution < 1.29 is 9.47 Å². The minimum atomic E-state index is -0.178. The van der Waals surface area contributed by atoms with E-state index in [4.69, 9.17) is 9.47 Å². The van der Waals surface area contributed by atoms with Crippen LogP contribution in [-0.2, 0) is 12.8 Å². The Morgan fingerprint density at radius 1 is 1.29 bits per heavy atom. The number of hydrogen-bond acceptors (Lipinski definition) is 6. The van der Waals surface area contributed by atoms with Crippen LogP contribution in [0.15, 0.2) is 23.0 Å². The number of aryl methyl sites for hydroxylation is 2. The Labute approximate surface area is 166 Å². The van der Waals surface area contributed by atoms with Crippen LogP contribution < -0.4 is 15.0 Å². The highest BCUT2D eigenvalue weighted by atomic mass is 32.1. The maximum absolute atomic E-state index is 12.7. The smallest absolute Gasteiger partial charge is 0.260 e. The largest absolute Gasteiger partial charge is 0.497 e. The molecule has 0 saturated carbocycles. The minimum Gasteiger partial charge on any atom is -0.497 e. The summed E-state index contributed by atoms with van der Waals surface area (Å²) < 4.78 is 10.6. The van der Waals surface area contributed by atoms with Gasteiger partial charge in [0.1, 0.15) is 22.4 Å². The molecular weight excluding hydrogens is 374 g/mol. The van der Waals surface area contributed by atoms with E-state index < -0.39 is 0 Å². The Kier molecular flexibility index (Phi) is 4.88. The summed E-state index contributed by atoms with van der Waals surface area (Å²) in [6, 6.07) is 7.48. The molecule has 0 fully saturated rings. The van der Waals surface area contributed by atoms with Gasteiger partial charge in [-0.2, -0.15) is 5.26 Å². The molecule has 28 heavy (non-hydrogen) atoms. The Morgan fingerprint density at radius 2 is 2.11 bits per heavy atom. The van der Waals surface area contributed by atoms with Crippen molar-refractivity contribution in [3.05, 3.63) is 50.4 Å². The molecule has 6 nitrogen and oxygen atoms in total. The van der Waals surface area contributed by atoms with E-state index in [1.54, 1.807) is 49.8 Å². The van der Waals surface area contributed by atoms with Crippen molar-refractivity contribution >= 4 is 33.2 Å². The molecular formula is C21H19N3O3S. The third kappa shape index (κ3) is 3.16. The van der Waals surface area contributed by atoms with E-state index in [9.17, 15) is 10.1 Å². The summed E-state index contributed by atoms with van der Waals surface area (Å²) in [7, 11) is 3.13. The molecule has 1 aliphatic rings. The topological polar surface area (TPSA) is 88.0 Å². The lowest BCUT2D eigenvalue weighted by molar-refractivity contribution is 0.394. The van der Waals surface area contributed by atoms with Crippen molar-refractivity contribution in [3.8, 4) is 17.6 Å². The number of nitrogens with one attached hydrogen (secondary N) is 1. The Balaban J connectivity index is 1.83. The summed E-state index contributed by atoms with van der Waals surface area (Å²) in [6.45, 7) is 0. The number of nitrogens with zero attached hydrogens (tertiary/aromatic N) is 2. The highest BCUT2D eigenvalue weighted by Gasteiger charge is 2.20. The lowest BCUT2D eigenvalue weighted by Crippen LogP contribution is -2.12. The molecule has 2 heterocycles. The van der Waals surface area contributed by atoms with Crippen LogP contribution in [0.5, 0.6) is 11.5 Å². The van der Waals surface area contributed by atoms with Gasteiger partial charge in [0.25, 0.3) is 5.56 Å². The second-order valence-corrected chi connectivity index (χ2v) is 7.67. The molecule has 0 atom stereocenters. The van der Waals surface area contributed by atoms with E-state index in [1.165, 1.54) is 4.88 Å². The van der Waals surface area contributed by atoms with Gasteiger partial charge >= 0.3 is 0 Å². The lowest BCUT2D eigenvalue weighted by atomic mass is 9.97. The van der Waals surface area contributed by atoms with Crippen molar-refractivity contribution in [3.63, 3.8) is 0 Å². The number of hydrogen-bond donors (Lipinski definition) is 1. The van der Waals surface area contributed by atoms with Crippen LogP contribution in [0.4, 0.5) is 0 Å². The van der Waals surface area contributed by atoms with Gasteiger partial charge in [-0.15, -0.1) is 11.3 Å². The molecule has 0 bridgehead atoms.